The number of rotatable bonds is 3. The first-order valence-corrected chi connectivity index (χ1v) is 5.98. The molecule has 1 aromatic heterocycles. The Kier molecular flexibility index (Phi) is 3.31. The molecule has 2 rings (SSSR count). The molecule has 0 fully saturated rings. The van der Waals surface area contributed by atoms with E-state index in [0.29, 0.717) is 10.7 Å². The van der Waals surface area contributed by atoms with Crippen molar-refractivity contribution < 1.29 is 4.79 Å². The van der Waals surface area contributed by atoms with Crippen molar-refractivity contribution >= 4 is 22.4 Å². The Hall–Kier alpha value is -1.68. The molecule has 3 nitrogen and oxygen atoms in total. The zero-order chi connectivity index (χ0) is 11.4. The maximum absolute atomic E-state index is 11.8. The third kappa shape index (κ3) is 2.46. The van der Waals surface area contributed by atoms with Crippen molar-refractivity contribution in [3.05, 3.63) is 47.0 Å². The number of carbonyl (C=O) groups excluding carboxylic acids is 1. The lowest BCUT2D eigenvalue weighted by Crippen LogP contribution is -2.11. The molecule has 0 aliphatic rings. The molecule has 1 N–H and O–H groups in total. The van der Waals surface area contributed by atoms with Gasteiger partial charge in [0.05, 0.1) is 5.69 Å². The van der Waals surface area contributed by atoms with Gasteiger partial charge in [-0.15, -0.1) is 11.3 Å². The summed E-state index contributed by atoms with van der Waals surface area (Å²) in [6, 6.07) is 9.13. The summed E-state index contributed by atoms with van der Waals surface area (Å²) in [4.78, 5) is 16.0. The average Bonchev–Trinajstić information content (AvgIpc) is 2.78. The number of hydrogen-bond acceptors (Lipinski definition) is 3. The summed E-state index contributed by atoms with van der Waals surface area (Å²) < 4.78 is 0. The molecular weight excluding hydrogens is 220 g/mol. The summed E-state index contributed by atoms with van der Waals surface area (Å²) in [7, 11) is 0. The van der Waals surface area contributed by atoms with Gasteiger partial charge >= 0.3 is 0 Å². The van der Waals surface area contributed by atoms with E-state index >= 15 is 0 Å². The molecule has 1 aromatic carbocycles. The fourth-order valence-corrected chi connectivity index (χ4v) is 2.07. The number of benzene rings is 1. The molecule has 0 saturated heterocycles. The molecule has 1 heterocycles. The number of thiazole rings is 1. The van der Waals surface area contributed by atoms with E-state index in [4.69, 9.17) is 0 Å². The second-order valence-electron chi connectivity index (χ2n) is 3.32. The van der Waals surface area contributed by atoms with Crippen molar-refractivity contribution in [2.45, 2.75) is 13.3 Å². The largest absolute Gasteiger partial charge is 0.298 e. The minimum Gasteiger partial charge on any atom is -0.298 e. The van der Waals surface area contributed by atoms with Crippen LogP contribution in [0.1, 0.15) is 23.0 Å². The second kappa shape index (κ2) is 4.90. The van der Waals surface area contributed by atoms with Crippen molar-refractivity contribution in [1.29, 1.82) is 0 Å². The van der Waals surface area contributed by atoms with Gasteiger partial charge in [-0.2, -0.15) is 0 Å². The summed E-state index contributed by atoms with van der Waals surface area (Å²) in [5.74, 6) is -0.113. The Bertz CT molecular complexity index is 479. The van der Waals surface area contributed by atoms with Crippen LogP contribution >= 0.6 is 11.3 Å². The van der Waals surface area contributed by atoms with E-state index in [1.165, 1.54) is 11.3 Å². The average molecular weight is 232 g/mol. The molecule has 0 unspecified atom stereocenters. The Balaban J connectivity index is 2.08. The summed E-state index contributed by atoms with van der Waals surface area (Å²) in [5.41, 5.74) is 1.66. The highest BCUT2D eigenvalue weighted by Crippen LogP contribution is 2.16. The van der Waals surface area contributed by atoms with E-state index in [2.05, 4.69) is 10.3 Å². The van der Waals surface area contributed by atoms with Crippen LogP contribution in [0, 0.1) is 0 Å². The molecule has 0 bridgehead atoms. The number of carbonyl (C=O) groups is 1. The van der Waals surface area contributed by atoms with Gasteiger partial charge in [-0.25, -0.2) is 4.98 Å². The monoisotopic (exact) mass is 232 g/mol. The molecule has 0 spiro atoms. The molecule has 0 saturated carbocycles. The van der Waals surface area contributed by atoms with Crippen molar-refractivity contribution in [3.63, 3.8) is 0 Å². The summed E-state index contributed by atoms with van der Waals surface area (Å²) in [6.07, 6.45) is 0.887. The lowest BCUT2D eigenvalue weighted by Gasteiger charge is -2.00. The zero-order valence-electron chi connectivity index (χ0n) is 8.93. The third-order valence-corrected chi connectivity index (χ3v) is 2.98. The number of hydrogen-bond donors (Lipinski definition) is 1. The minimum absolute atomic E-state index is 0.113. The first-order chi connectivity index (χ1) is 7.79. The quantitative estimate of drug-likeness (QED) is 0.884. The van der Waals surface area contributed by atoms with Gasteiger partial charge in [0.25, 0.3) is 5.91 Å². The van der Waals surface area contributed by atoms with E-state index in [1.807, 2.05) is 30.5 Å². The van der Waals surface area contributed by atoms with Crippen LogP contribution in [0.3, 0.4) is 0 Å². The van der Waals surface area contributed by atoms with Crippen LogP contribution in [0.25, 0.3) is 0 Å². The molecule has 2 aromatic rings. The fraction of sp³-hybridized carbons (Fsp3) is 0.167. The molecule has 82 valence electrons. The smallest absolute Gasteiger partial charge is 0.257 e. The van der Waals surface area contributed by atoms with Crippen molar-refractivity contribution in [1.82, 2.24) is 4.98 Å². The number of amides is 1. The van der Waals surface area contributed by atoms with Crippen LogP contribution in [0.2, 0.25) is 0 Å². The maximum atomic E-state index is 11.8. The maximum Gasteiger partial charge on any atom is 0.257 e. The number of nitrogens with one attached hydrogen (secondary N) is 1. The van der Waals surface area contributed by atoms with Gasteiger partial charge < -0.3 is 0 Å². The Morgan fingerprint density at radius 1 is 1.38 bits per heavy atom. The Labute approximate surface area is 98.2 Å². The van der Waals surface area contributed by atoms with Crippen LogP contribution in [-0.4, -0.2) is 10.9 Å². The highest BCUT2D eigenvalue weighted by atomic mass is 32.1. The van der Waals surface area contributed by atoms with Crippen LogP contribution < -0.4 is 5.32 Å². The Morgan fingerprint density at radius 3 is 2.75 bits per heavy atom. The summed E-state index contributed by atoms with van der Waals surface area (Å²) in [6.45, 7) is 2.04. The van der Waals surface area contributed by atoms with Gasteiger partial charge in [0.15, 0.2) is 5.13 Å². The number of anilines is 1. The zero-order valence-corrected chi connectivity index (χ0v) is 9.75. The standard InChI is InChI=1S/C12H12N2OS/c1-2-10-8-16-12(13-10)14-11(15)9-6-4-3-5-7-9/h3-8H,2H2,1H3,(H,13,14,15). The lowest BCUT2D eigenvalue weighted by atomic mass is 10.2. The van der Waals surface area contributed by atoms with E-state index in [1.54, 1.807) is 12.1 Å². The molecular formula is C12H12N2OS. The molecule has 0 aliphatic heterocycles. The van der Waals surface area contributed by atoms with E-state index in [-0.39, 0.29) is 5.91 Å². The molecule has 0 aliphatic carbocycles. The van der Waals surface area contributed by atoms with Gasteiger partial charge in [-0.3, -0.25) is 10.1 Å². The molecule has 4 heteroatoms. The van der Waals surface area contributed by atoms with Crippen LogP contribution in [0.5, 0.6) is 0 Å². The topological polar surface area (TPSA) is 42.0 Å². The van der Waals surface area contributed by atoms with Crippen molar-refractivity contribution in [3.8, 4) is 0 Å². The van der Waals surface area contributed by atoms with E-state index in [0.717, 1.165) is 12.1 Å². The first kappa shape index (κ1) is 10.8. The predicted molar refractivity (Wildman–Crippen MR) is 65.9 cm³/mol. The van der Waals surface area contributed by atoms with Gasteiger partial charge in [-0.1, -0.05) is 25.1 Å². The third-order valence-electron chi connectivity index (χ3n) is 2.17. The van der Waals surface area contributed by atoms with Gasteiger partial charge in [0.1, 0.15) is 0 Å². The number of aromatic nitrogens is 1. The molecule has 16 heavy (non-hydrogen) atoms. The second-order valence-corrected chi connectivity index (χ2v) is 4.18. The van der Waals surface area contributed by atoms with Gasteiger partial charge in [0, 0.05) is 10.9 Å². The Morgan fingerprint density at radius 2 is 2.12 bits per heavy atom. The van der Waals surface area contributed by atoms with Crippen molar-refractivity contribution in [2.24, 2.45) is 0 Å². The lowest BCUT2D eigenvalue weighted by molar-refractivity contribution is 0.102. The minimum atomic E-state index is -0.113. The molecule has 0 atom stereocenters. The normalized spacial score (nSPS) is 10.1. The molecule has 0 radical (unpaired) electrons. The first-order valence-electron chi connectivity index (χ1n) is 5.10. The number of nitrogens with zero attached hydrogens (tertiary/aromatic N) is 1. The van der Waals surface area contributed by atoms with E-state index < -0.39 is 0 Å². The highest BCUT2D eigenvalue weighted by Gasteiger charge is 2.07. The van der Waals surface area contributed by atoms with Crippen LogP contribution in [0.15, 0.2) is 35.7 Å². The summed E-state index contributed by atoms with van der Waals surface area (Å²) in [5, 5.41) is 5.40. The SMILES string of the molecule is CCc1csc(NC(=O)c2ccccc2)n1. The van der Waals surface area contributed by atoms with Crippen molar-refractivity contribution in [2.75, 3.05) is 5.32 Å². The van der Waals surface area contributed by atoms with Crippen LogP contribution in [0.4, 0.5) is 5.13 Å². The fourth-order valence-electron chi connectivity index (χ4n) is 1.29. The predicted octanol–water partition coefficient (Wildman–Crippen LogP) is 2.96. The van der Waals surface area contributed by atoms with Gasteiger partial charge in [-0.05, 0) is 18.6 Å². The highest BCUT2D eigenvalue weighted by molar-refractivity contribution is 7.13. The molecule has 1 amide bonds. The van der Waals surface area contributed by atoms with Crippen LogP contribution in [-0.2, 0) is 6.42 Å². The van der Waals surface area contributed by atoms with Gasteiger partial charge in [0.2, 0.25) is 0 Å². The number of aryl methyl sites for hydroxylation is 1. The van der Waals surface area contributed by atoms with E-state index in [9.17, 15) is 4.79 Å². The summed E-state index contributed by atoms with van der Waals surface area (Å²) >= 11 is 1.45.